The third kappa shape index (κ3) is 13.5. The monoisotopic (exact) mass is 1000 g/mol. The van der Waals surface area contributed by atoms with Crippen LogP contribution in [0, 0.1) is 33.1 Å². The third-order valence-corrected chi connectivity index (χ3v) is 15.3. The number of aliphatic hydroxyl groups is 2. The molecule has 4 heterocycles. The number of rotatable bonds is 20. The van der Waals surface area contributed by atoms with E-state index in [1.807, 2.05) is 97.3 Å². The van der Waals surface area contributed by atoms with E-state index in [9.17, 15) is 29.4 Å². The molecule has 0 unspecified atom stereocenters. The Balaban J connectivity index is 0.736. The van der Waals surface area contributed by atoms with Crippen LogP contribution in [0.5, 0.6) is 0 Å². The van der Waals surface area contributed by atoms with E-state index in [2.05, 4.69) is 20.5 Å². The van der Waals surface area contributed by atoms with Crippen molar-refractivity contribution >= 4 is 40.6 Å². The Morgan fingerprint density at radius 3 is 2.14 bits per heavy atom. The largest absolute Gasteiger partial charge is 0.507 e. The number of ether oxygens (including phenoxy) is 5. The van der Waals surface area contributed by atoms with E-state index in [-0.39, 0.29) is 62.7 Å². The van der Waals surface area contributed by atoms with Gasteiger partial charge in [-0.1, -0.05) is 62.7 Å². The number of benzene rings is 2. The van der Waals surface area contributed by atoms with Crippen LogP contribution in [-0.2, 0) is 42.9 Å². The standard InChI is InChI=1S/C54H75N5O11S/c1-33-27-34(2)45(35(3)28-33)46-49(62)54(70-52(46)65)17-13-41(14-18-54)69-42-15-19-58(20-16-42)21-22-66-23-24-67-25-26-68-31-44(61)57-48(53(6,7)8)51(64)59-30-40(60)29-43(59)50(63)56-36(4)38-9-11-39(12-10-38)47-37(5)55-32-71-47/h9-12,27-28,32,36,40-43,48,60,62H,13-26,29-31H2,1-8H3,(H,56,63)(H,57,61)/t36-,40+,41?,43-,48+,54?/m0/s1. The van der Waals surface area contributed by atoms with Gasteiger partial charge in [0, 0.05) is 32.6 Å². The Hall–Kier alpha value is -4.75. The van der Waals surface area contributed by atoms with Crippen molar-refractivity contribution in [3.05, 3.63) is 81.2 Å². The predicted octanol–water partition coefficient (Wildman–Crippen LogP) is 6.45. The van der Waals surface area contributed by atoms with Gasteiger partial charge in [-0.25, -0.2) is 9.78 Å². The average Bonchev–Trinajstić information content (AvgIpc) is 4.01. The molecule has 0 bridgehead atoms. The maximum Gasteiger partial charge on any atom is 0.343 e. The van der Waals surface area contributed by atoms with Crippen LogP contribution in [0.25, 0.3) is 16.0 Å². The number of β-amino-alcohol motifs (C(OH)–C–C–N with tert-alkyl or cyclic N) is 1. The average molecular weight is 1000 g/mol. The number of esters is 1. The van der Waals surface area contributed by atoms with Gasteiger partial charge < -0.3 is 54.3 Å². The minimum absolute atomic E-state index is 0.0173. The molecule has 3 aliphatic heterocycles. The number of carbonyl (C=O) groups is 4. The number of piperidine rings is 1. The number of aliphatic hydroxyl groups excluding tert-OH is 2. The van der Waals surface area contributed by atoms with Crippen LogP contribution in [0.4, 0.5) is 0 Å². The molecule has 2 aromatic carbocycles. The summed E-state index contributed by atoms with van der Waals surface area (Å²) in [6.07, 6.45) is 3.83. The minimum Gasteiger partial charge on any atom is -0.507 e. The summed E-state index contributed by atoms with van der Waals surface area (Å²) in [5, 5.41) is 27.9. The van der Waals surface area contributed by atoms with Crippen LogP contribution in [0.15, 0.2) is 47.7 Å². The summed E-state index contributed by atoms with van der Waals surface area (Å²) in [5.74, 6) is -1.66. The molecule has 4 aliphatic rings. The molecule has 0 radical (unpaired) electrons. The van der Waals surface area contributed by atoms with Crippen molar-refractivity contribution < 1.29 is 53.1 Å². The molecule has 4 atom stereocenters. The molecule has 3 aromatic rings. The Morgan fingerprint density at radius 1 is 0.901 bits per heavy atom. The summed E-state index contributed by atoms with van der Waals surface area (Å²) in [5.41, 5.74) is 7.18. The van der Waals surface area contributed by atoms with Crippen molar-refractivity contribution in [2.75, 3.05) is 65.8 Å². The van der Waals surface area contributed by atoms with Gasteiger partial charge in [0.05, 0.1) is 73.5 Å². The number of amides is 3. The third-order valence-electron chi connectivity index (χ3n) is 14.3. The first-order chi connectivity index (χ1) is 33.8. The van der Waals surface area contributed by atoms with E-state index in [1.165, 1.54) is 4.90 Å². The van der Waals surface area contributed by atoms with Crippen LogP contribution in [0.1, 0.15) is 112 Å². The van der Waals surface area contributed by atoms with Crippen molar-refractivity contribution in [1.29, 1.82) is 0 Å². The number of carbonyl (C=O) groups excluding carboxylic acids is 4. The lowest BCUT2D eigenvalue weighted by Gasteiger charge is -2.39. The van der Waals surface area contributed by atoms with Crippen LogP contribution < -0.4 is 10.6 Å². The maximum absolute atomic E-state index is 14.0. The molecular formula is C54H75N5O11S. The van der Waals surface area contributed by atoms with Gasteiger partial charge in [-0.05, 0) is 106 Å². The van der Waals surface area contributed by atoms with Crippen LogP contribution >= 0.6 is 11.3 Å². The van der Waals surface area contributed by atoms with Crippen molar-refractivity contribution in [3.63, 3.8) is 0 Å². The molecule has 1 saturated carbocycles. The van der Waals surface area contributed by atoms with Crippen molar-refractivity contribution in [1.82, 2.24) is 25.4 Å². The maximum atomic E-state index is 14.0. The summed E-state index contributed by atoms with van der Waals surface area (Å²) in [7, 11) is 0. The van der Waals surface area contributed by atoms with E-state index >= 15 is 0 Å². The first-order valence-electron chi connectivity index (χ1n) is 25.3. The highest BCUT2D eigenvalue weighted by Gasteiger charge is 2.51. The Labute approximate surface area is 422 Å². The van der Waals surface area contributed by atoms with E-state index < -0.39 is 47.0 Å². The van der Waals surface area contributed by atoms with E-state index in [0.717, 1.165) is 89.3 Å². The zero-order valence-electron chi connectivity index (χ0n) is 42.8. The highest BCUT2D eigenvalue weighted by atomic mass is 32.1. The van der Waals surface area contributed by atoms with E-state index in [1.54, 1.807) is 11.3 Å². The zero-order valence-corrected chi connectivity index (χ0v) is 43.7. The smallest absolute Gasteiger partial charge is 0.343 e. The first-order valence-corrected chi connectivity index (χ1v) is 26.2. The minimum atomic E-state index is -0.967. The molecule has 2 saturated heterocycles. The zero-order chi connectivity index (χ0) is 51.0. The molecule has 7 rings (SSSR count). The van der Waals surface area contributed by atoms with Gasteiger partial charge in [0.1, 0.15) is 24.3 Å². The first kappa shape index (κ1) is 54.0. The molecule has 1 aliphatic carbocycles. The fourth-order valence-electron chi connectivity index (χ4n) is 10.5. The molecule has 388 valence electrons. The number of aromatic nitrogens is 1. The van der Waals surface area contributed by atoms with Gasteiger partial charge in [-0.2, -0.15) is 0 Å². The molecule has 71 heavy (non-hydrogen) atoms. The summed E-state index contributed by atoms with van der Waals surface area (Å²) in [6, 6.07) is 9.79. The second kappa shape index (κ2) is 23.9. The summed E-state index contributed by atoms with van der Waals surface area (Å²) in [4.78, 5) is 63.0. The highest BCUT2D eigenvalue weighted by molar-refractivity contribution is 7.13. The summed E-state index contributed by atoms with van der Waals surface area (Å²) >= 11 is 1.57. The number of thiazole rings is 1. The molecule has 16 nitrogen and oxygen atoms in total. The molecule has 3 fully saturated rings. The number of nitrogens with one attached hydrogen (secondary N) is 2. The lowest BCUT2D eigenvalue weighted by molar-refractivity contribution is -0.154. The highest BCUT2D eigenvalue weighted by Crippen LogP contribution is 2.47. The summed E-state index contributed by atoms with van der Waals surface area (Å²) in [6.45, 7) is 19.5. The number of hydrogen-bond donors (Lipinski definition) is 4. The second-order valence-corrected chi connectivity index (χ2v) is 21.8. The SMILES string of the molecule is Cc1cc(C)c(C2=C(O)C3(CCC(OC4CCN(CCOCCOCCOCC(=O)N[C@H](C(=O)N5C[C@H](O)C[C@H]5C(=O)N[C@@H](C)c5ccc(-c6scnc6C)cc5)C(C)(C)C)CC4)CC3)OC2=O)c(C)c1. The van der Waals surface area contributed by atoms with Gasteiger partial charge >= 0.3 is 5.97 Å². The van der Waals surface area contributed by atoms with Crippen LogP contribution in [0.2, 0.25) is 0 Å². The quantitative estimate of drug-likeness (QED) is 0.0713. The lowest BCUT2D eigenvalue weighted by Crippen LogP contribution is -2.58. The van der Waals surface area contributed by atoms with E-state index in [4.69, 9.17) is 23.7 Å². The van der Waals surface area contributed by atoms with Crippen molar-refractivity contribution in [3.8, 4) is 10.4 Å². The van der Waals surface area contributed by atoms with Crippen molar-refractivity contribution in [2.45, 2.75) is 142 Å². The van der Waals surface area contributed by atoms with E-state index in [0.29, 0.717) is 38.2 Å². The van der Waals surface area contributed by atoms with Gasteiger partial charge in [0.15, 0.2) is 11.4 Å². The molecule has 17 heteroatoms. The van der Waals surface area contributed by atoms with Crippen molar-refractivity contribution in [2.24, 2.45) is 5.41 Å². The molecular weight excluding hydrogens is 927 g/mol. The van der Waals surface area contributed by atoms with Crippen LogP contribution in [-0.4, -0.2) is 151 Å². The fourth-order valence-corrected chi connectivity index (χ4v) is 11.3. The normalized spacial score (nSPS) is 23.0. The van der Waals surface area contributed by atoms with Crippen LogP contribution in [0.3, 0.4) is 0 Å². The molecule has 1 spiro atoms. The summed E-state index contributed by atoms with van der Waals surface area (Å²) < 4.78 is 29.5. The van der Waals surface area contributed by atoms with Gasteiger partial charge in [-0.3, -0.25) is 14.4 Å². The lowest BCUT2D eigenvalue weighted by atomic mass is 9.80. The van der Waals surface area contributed by atoms with Gasteiger partial charge in [0.2, 0.25) is 17.7 Å². The number of nitrogens with zero attached hydrogens (tertiary/aromatic N) is 3. The topological polar surface area (TPSA) is 198 Å². The van der Waals surface area contributed by atoms with Gasteiger partial charge in [0.25, 0.3) is 0 Å². The Kier molecular flexibility index (Phi) is 18.2. The molecule has 3 amide bonds. The fraction of sp³-hybridized carbons (Fsp3) is 0.611. The molecule has 4 N–H and O–H groups in total. The predicted molar refractivity (Wildman–Crippen MR) is 271 cm³/mol. The number of hydrogen-bond acceptors (Lipinski definition) is 14. The molecule has 1 aromatic heterocycles. The number of aryl methyl sites for hydroxylation is 4. The van der Waals surface area contributed by atoms with Gasteiger partial charge in [-0.15, -0.1) is 11.3 Å². The number of likely N-dealkylation sites (tertiary alicyclic amines) is 2. The Morgan fingerprint density at radius 2 is 1.52 bits per heavy atom. The Bertz CT molecular complexity index is 2340. The second-order valence-electron chi connectivity index (χ2n) is 20.9.